The highest BCUT2D eigenvalue weighted by molar-refractivity contribution is 6.25. The van der Waals surface area contributed by atoms with Crippen molar-refractivity contribution in [1.82, 2.24) is 30.4 Å². The number of aromatic amines is 1. The van der Waals surface area contributed by atoms with Gasteiger partial charge in [-0.3, -0.25) is 43.8 Å². The number of nitrogens with zero attached hydrogens (tertiary/aromatic N) is 2. The average molecular weight is 826 g/mol. The number of piperidine rings is 1. The van der Waals surface area contributed by atoms with Gasteiger partial charge in [0.05, 0.1) is 17.2 Å². The molecule has 5 aromatic rings. The molecular weight excluding hydrogens is 779 g/mol. The van der Waals surface area contributed by atoms with Gasteiger partial charge < -0.3 is 30.2 Å². The van der Waals surface area contributed by atoms with E-state index in [1.54, 1.807) is 61.8 Å². The summed E-state index contributed by atoms with van der Waals surface area (Å²) in [4.78, 5) is 93.9. The normalized spacial score (nSPS) is 14.9. The lowest BCUT2D eigenvalue weighted by Gasteiger charge is -2.27. The minimum absolute atomic E-state index is 0.0428. The van der Waals surface area contributed by atoms with Crippen LogP contribution in [-0.2, 0) is 23.2 Å². The quantitative estimate of drug-likeness (QED) is 0.0686. The Balaban J connectivity index is 0.909. The number of carbonyl (C=O) groups excluding carboxylic acids is 6. The molecule has 2 aromatic heterocycles. The Morgan fingerprint density at radius 2 is 1.61 bits per heavy atom. The molecule has 15 heteroatoms. The fraction of sp³-hybridized carbons (Fsp3) is 0.283. The van der Waals surface area contributed by atoms with Crippen LogP contribution in [0.3, 0.4) is 0 Å². The van der Waals surface area contributed by atoms with Crippen LogP contribution in [-0.4, -0.2) is 75.1 Å². The van der Waals surface area contributed by atoms with Crippen LogP contribution in [0.4, 0.5) is 5.69 Å². The number of carbonyl (C=O) groups is 6. The van der Waals surface area contributed by atoms with Gasteiger partial charge in [-0.15, -0.1) is 0 Å². The second-order valence-corrected chi connectivity index (χ2v) is 15.5. The summed E-state index contributed by atoms with van der Waals surface area (Å²) in [7, 11) is 1.66. The van der Waals surface area contributed by atoms with E-state index in [0.717, 1.165) is 32.7 Å². The Hall–Kier alpha value is -7.29. The molecule has 2 aliphatic heterocycles. The Morgan fingerprint density at radius 1 is 0.869 bits per heavy atom. The number of benzene rings is 3. The van der Waals surface area contributed by atoms with E-state index in [1.165, 1.54) is 4.57 Å². The predicted octanol–water partition coefficient (Wildman–Crippen LogP) is 5.31. The van der Waals surface area contributed by atoms with Crippen LogP contribution < -0.4 is 31.6 Å². The minimum atomic E-state index is -1.04. The van der Waals surface area contributed by atoms with Crippen molar-refractivity contribution in [3.8, 4) is 16.9 Å². The lowest BCUT2D eigenvalue weighted by atomic mass is 9.98. The van der Waals surface area contributed by atoms with E-state index >= 15 is 0 Å². The Bertz CT molecular complexity index is 2680. The van der Waals surface area contributed by atoms with Gasteiger partial charge in [0, 0.05) is 67.1 Å². The average Bonchev–Trinajstić information content (AvgIpc) is 3.79. The van der Waals surface area contributed by atoms with Crippen molar-refractivity contribution in [3.63, 3.8) is 0 Å². The van der Waals surface area contributed by atoms with Crippen molar-refractivity contribution in [1.29, 1.82) is 0 Å². The van der Waals surface area contributed by atoms with E-state index in [1.807, 2.05) is 39.0 Å². The molecule has 1 saturated heterocycles. The number of pyridine rings is 1. The summed E-state index contributed by atoms with van der Waals surface area (Å²) < 4.78 is 7.61. The zero-order chi connectivity index (χ0) is 43.5. The summed E-state index contributed by atoms with van der Waals surface area (Å²) >= 11 is 0. The molecule has 1 atom stereocenters. The molecule has 6 amide bonds. The van der Waals surface area contributed by atoms with Gasteiger partial charge in [0.1, 0.15) is 23.0 Å². The molecule has 0 aliphatic carbocycles. The SMILES string of the molecule is C=C(C)c1ccc(OC(C)C)c(-c2cn(C)c(=O)c3[nH]c(C(=O)NCc4ccc(C(=O)NCCCCNc5cccc6c5C(=O)N(C5CCC(=O)NC5=O)C6=O)cc4)cc23)c1. The number of ether oxygens (including phenoxy) is 1. The maximum absolute atomic E-state index is 13.4. The topological polar surface area (TPSA) is 201 Å². The number of allylic oxidation sites excluding steroid dienone is 1. The standard InChI is InChI=1S/C46H47N7O8/c1-25(2)29-15-17-37(61-26(3)4)31(21-29)33-24-52(5)46(60)40-32(33)22-35(50-40)42(56)49-23-27-11-13-28(14-12-27)41(55)48-20-7-6-19-47-34-10-8-9-30-39(34)45(59)53(44(30)58)36-16-18-38(54)51-43(36)57/h8-15,17,21-22,24,26,36,47,50H,1,6-7,16,18-20,23H2,2-5H3,(H,48,55)(H,49,56)(H,51,54,57). The molecule has 61 heavy (non-hydrogen) atoms. The first kappa shape index (κ1) is 41.9. The van der Waals surface area contributed by atoms with Gasteiger partial charge in [0.15, 0.2) is 0 Å². The van der Waals surface area contributed by atoms with Gasteiger partial charge in [0.25, 0.3) is 29.2 Å². The van der Waals surface area contributed by atoms with E-state index in [9.17, 15) is 33.6 Å². The van der Waals surface area contributed by atoms with Crippen molar-refractivity contribution in [2.75, 3.05) is 18.4 Å². The first-order chi connectivity index (χ1) is 29.2. The van der Waals surface area contributed by atoms with E-state index in [-0.39, 0.29) is 53.8 Å². The molecule has 4 heterocycles. The molecule has 0 bridgehead atoms. The van der Waals surface area contributed by atoms with Crippen molar-refractivity contribution in [3.05, 3.63) is 123 Å². The lowest BCUT2D eigenvalue weighted by molar-refractivity contribution is -0.136. The van der Waals surface area contributed by atoms with Crippen LogP contribution in [0.15, 0.2) is 84.3 Å². The van der Waals surface area contributed by atoms with E-state index in [2.05, 4.69) is 32.8 Å². The number of hydrogen-bond acceptors (Lipinski definition) is 9. The van der Waals surface area contributed by atoms with E-state index in [0.29, 0.717) is 53.8 Å². The number of unbranched alkanes of at least 4 members (excludes halogenated alkanes) is 1. The van der Waals surface area contributed by atoms with Gasteiger partial charge >= 0.3 is 0 Å². The Labute approximate surface area is 351 Å². The summed E-state index contributed by atoms with van der Waals surface area (Å²) in [6.45, 7) is 10.9. The minimum Gasteiger partial charge on any atom is -0.490 e. The van der Waals surface area contributed by atoms with Crippen LogP contribution in [0.5, 0.6) is 5.75 Å². The lowest BCUT2D eigenvalue weighted by Crippen LogP contribution is -2.54. The number of imide groups is 2. The highest BCUT2D eigenvalue weighted by Crippen LogP contribution is 2.37. The number of H-pyrrole nitrogens is 1. The third-order valence-corrected chi connectivity index (χ3v) is 10.7. The molecule has 314 valence electrons. The maximum Gasteiger partial charge on any atom is 0.274 e. The number of nitrogens with one attached hydrogen (secondary N) is 5. The number of hydrogen-bond donors (Lipinski definition) is 5. The maximum atomic E-state index is 13.4. The molecular formula is C46H47N7O8. The molecule has 1 unspecified atom stereocenters. The summed E-state index contributed by atoms with van der Waals surface area (Å²) in [6.07, 6.45) is 3.04. The summed E-state index contributed by atoms with van der Waals surface area (Å²) in [6, 6.07) is 18.2. The van der Waals surface area contributed by atoms with Gasteiger partial charge in [-0.05, 0) is 93.6 Å². The molecule has 15 nitrogen and oxygen atoms in total. The predicted molar refractivity (Wildman–Crippen MR) is 230 cm³/mol. The molecule has 0 radical (unpaired) electrons. The molecule has 2 aliphatic rings. The number of aryl methyl sites for hydroxylation is 1. The first-order valence-electron chi connectivity index (χ1n) is 20.1. The van der Waals surface area contributed by atoms with Crippen LogP contribution in [0.1, 0.15) is 99.1 Å². The van der Waals surface area contributed by atoms with Gasteiger partial charge in [-0.25, -0.2) is 0 Å². The zero-order valence-corrected chi connectivity index (χ0v) is 34.4. The molecule has 1 fully saturated rings. The third kappa shape index (κ3) is 8.72. The highest BCUT2D eigenvalue weighted by atomic mass is 16.5. The van der Waals surface area contributed by atoms with Crippen molar-refractivity contribution in [2.24, 2.45) is 7.05 Å². The van der Waals surface area contributed by atoms with Crippen LogP contribution in [0.2, 0.25) is 0 Å². The fourth-order valence-corrected chi connectivity index (χ4v) is 7.52. The molecule has 7 rings (SSSR count). The van der Waals surface area contributed by atoms with E-state index in [4.69, 9.17) is 4.74 Å². The monoisotopic (exact) mass is 825 g/mol. The van der Waals surface area contributed by atoms with Crippen molar-refractivity contribution >= 4 is 57.6 Å². The fourth-order valence-electron chi connectivity index (χ4n) is 7.52. The van der Waals surface area contributed by atoms with Crippen molar-refractivity contribution in [2.45, 2.75) is 65.1 Å². The number of fused-ring (bicyclic) bond motifs is 2. The second kappa shape index (κ2) is 17.5. The van der Waals surface area contributed by atoms with Crippen LogP contribution >= 0.6 is 0 Å². The van der Waals surface area contributed by atoms with Crippen LogP contribution in [0.25, 0.3) is 27.6 Å². The highest BCUT2D eigenvalue weighted by Gasteiger charge is 2.45. The Morgan fingerprint density at radius 3 is 2.33 bits per heavy atom. The smallest absolute Gasteiger partial charge is 0.274 e. The first-order valence-corrected chi connectivity index (χ1v) is 20.1. The number of rotatable bonds is 15. The number of amides is 6. The van der Waals surface area contributed by atoms with Gasteiger partial charge in [-0.2, -0.15) is 0 Å². The second-order valence-electron chi connectivity index (χ2n) is 15.5. The Kier molecular flexibility index (Phi) is 12.0. The molecule has 3 aromatic carbocycles. The molecule has 5 N–H and O–H groups in total. The number of anilines is 1. The van der Waals surface area contributed by atoms with Gasteiger partial charge in [0.2, 0.25) is 11.8 Å². The zero-order valence-electron chi connectivity index (χ0n) is 34.4. The third-order valence-electron chi connectivity index (χ3n) is 10.7. The molecule has 0 saturated carbocycles. The largest absolute Gasteiger partial charge is 0.490 e. The van der Waals surface area contributed by atoms with Crippen LogP contribution in [0, 0.1) is 0 Å². The van der Waals surface area contributed by atoms with E-state index < -0.39 is 35.6 Å². The summed E-state index contributed by atoms with van der Waals surface area (Å²) in [5.74, 6) is -2.26. The molecule has 0 spiro atoms. The summed E-state index contributed by atoms with van der Waals surface area (Å²) in [5, 5.41) is 11.8. The number of aromatic nitrogens is 2. The van der Waals surface area contributed by atoms with Gasteiger partial charge in [-0.1, -0.05) is 36.4 Å². The summed E-state index contributed by atoms with van der Waals surface area (Å²) in [5.41, 5.74) is 5.62. The van der Waals surface area contributed by atoms with Crippen molar-refractivity contribution < 1.29 is 33.5 Å².